The van der Waals surface area contributed by atoms with E-state index in [1.165, 1.54) is 12.4 Å². The first-order valence-corrected chi connectivity index (χ1v) is 11.0. The van der Waals surface area contributed by atoms with Crippen LogP contribution in [-0.4, -0.2) is 70.6 Å². The van der Waals surface area contributed by atoms with Gasteiger partial charge in [-0.25, -0.2) is 14.9 Å². The van der Waals surface area contributed by atoms with Gasteiger partial charge in [-0.1, -0.05) is 39.1 Å². The summed E-state index contributed by atoms with van der Waals surface area (Å²) < 4.78 is 17.9. The number of hydrogen-bond acceptors (Lipinski definition) is 5. The van der Waals surface area contributed by atoms with Gasteiger partial charge in [0.1, 0.15) is 44.7 Å². The van der Waals surface area contributed by atoms with Crippen LogP contribution in [0.1, 0.15) is 10.4 Å². The zero-order valence-electron chi connectivity index (χ0n) is 18.6. The van der Waals surface area contributed by atoms with Crippen molar-refractivity contribution in [2.75, 3.05) is 5.32 Å². The van der Waals surface area contributed by atoms with Crippen LogP contribution in [0.25, 0.3) is 11.0 Å². The van der Waals surface area contributed by atoms with E-state index < -0.39 is 22.5 Å². The Morgan fingerprint density at radius 2 is 1.94 bits per heavy atom. The van der Waals surface area contributed by atoms with Crippen LogP contribution < -0.4 is 16.3 Å². The van der Waals surface area contributed by atoms with E-state index in [0.717, 1.165) is 9.94 Å². The maximum absolute atomic E-state index is 15.5. The lowest BCUT2D eigenvalue weighted by molar-refractivity contribution is -0.0488. The van der Waals surface area contributed by atoms with Crippen molar-refractivity contribution >= 4 is 101 Å². The molecule has 0 bridgehead atoms. The molecule has 0 unspecified atom stereocenters. The quantitative estimate of drug-likeness (QED) is 0.252. The van der Waals surface area contributed by atoms with Gasteiger partial charge in [0.2, 0.25) is 0 Å². The van der Waals surface area contributed by atoms with Gasteiger partial charge in [0.15, 0.2) is 5.82 Å². The number of amides is 1. The molecule has 3 N–H and O–H groups in total. The molecular formula is C17H20B5BrClFN4O3. The molecule has 0 aliphatic heterocycles. The maximum atomic E-state index is 15.5. The summed E-state index contributed by atoms with van der Waals surface area (Å²) in [4.78, 5) is 22.7. The number of imidazole rings is 1. The van der Waals surface area contributed by atoms with E-state index in [4.69, 9.17) is 16.4 Å². The van der Waals surface area contributed by atoms with Crippen molar-refractivity contribution in [1.82, 2.24) is 15.0 Å². The summed E-state index contributed by atoms with van der Waals surface area (Å²) in [5.41, 5.74) is 3.97. The smallest absolute Gasteiger partial charge is 0.277 e. The Morgan fingerprint density at radius 1 is 1.28 bits per heavy atom. The lowest BCUT2D eigenvalue weighted by atomic mass is 9.42. The van der Waals surface area contributed by atoms with Gasteiger partial charge in [-0.3, -0.25) is 9.63 Å². The van der Waals surface area contributed by atoms with Crippen molar-refractivity contribution < 1.29 is 19.1 Å². The Bertz CT molecular complexity index is 1200. The molecule has 15 heteroatoms. The monoisotopic (exact) mass is 516 g/mol. The van der Waals surface area contributed by atoms with E-state index in [2.05, 4.69) is 31.7 Å². The molecule has 0 saturated carbocycles. The molecule has 32 heavy (non-hydrogen) atoms. The number of benzene rings is 2. The van der Waals surface area contributed by atoms with Crippen molar-refractivity contribution in [3.05, 3.63) is 45.4 Å². The average molecular weight is 517 g/mol. The lowest BCUT2D eigenvalue weighted by Crippen LogP contribution is -2.60. The van der Waals surface area contributed by atoms with Gasteiger partial charge in [0.05, 0.1) is 33.8 Å². The summed E-state index contributed by atoms with van der Waals surface area (Å²) in [7, 11) is 9.89. The first-order valence-electron chi connectivity index (χ1n) is 9.80. The number of carbonyl (C=O) groups is 1. The van der Waals surface area contributed by atoms with E-state index in [0.29, 0.717) is 16.2 Å². The number of nitrogens with zero attached hydrogens (tertiary/aromatic N) is 2. The van der Waals surface area contributed by atoms with E-state index in [9.17, 15) is 9.90 Å². The van der Waals surface area contributed by atoms with Gasteiger partial charge in [-0.2, -0.15) is 0 Å². The summed E-state index contributed by atoms with van der Waals surface area (Å²) in [5, 5.41) is 11.2. The molecule has 1 amide bonds. The SMILES string of the molecule is Bc1cc(Br)cc(Cl)c1Nc1c(C(=O)NOC(B)(B)C(B)(B)O)cc2c(ncn2C)c1F. The Balaban J connectivity index is 2.09. The van der Waals surface area contributed by atoms with Crippen molar-refractivity contribution in [3.63, 3.8) is 0 Å². The van der Waals surface area contributed by atoms with Gasteiger partial charge in [-0.15, -0.1) is 0 Å². The molecule has 162 valence electrons. The Kier molecular flexibility index (Phi) is 6.82. The standard InChI is InChI=1S/C17H20B5BrClFN4O3/c1-29-5-26-14-10(29)4-7(15(30)28-32-17(21,22)16(19,20)31)12(11(14)25)27-13-8(18)2-6(23)3-9(13)24/h2-5,27,31H,18-22H2,1H3,(H,28,30). The first kappa shape index (κ1) is 24.8. The molecule has 0 atom stereocenters. The third kappa shape index (κ3) is 4.73. The average Bonchev–Trinajstić information content (AvgIpc) is 3.04. The molecule has 0 aliphatic rings. The molecule has 0 spiro atoms. The number of aromatic nitrogens is 2. The Labute approximate surface area is 202 Å². The predicted octanol–water partition coefficient (Wildman–Crippen LogP) is -2.38. The molecule has 0 fully saturated rings. The number of rotatable bonds is 6. The predicted molar refractivity (Wildman–Crippen MR) is 142 cm³/mol. The third-order valence-corrected chi connectivity index (χ3v) is 6.34. The van der Waals surface area contributed by atoms with Crippen LogP contribution in [0.5, 0.6) is 0 Å². The van der Waals surface area contributed by atoms with Crippen LogP contribution in [-0.2, 0) is 11.9 Å². The number of halogens is 3. The number of aliphatic hydroxyl groups is 1. The van der Waals surface area contributed by atoms with Gasteiger partial charge < -0.3 is 15.0 Å². The van der Waals surface area contributed by atoms with Gasteiger partial charge in [0, 0.05) is 22.3 Å². The summed E-state index contributed by atoms with van der Waals surface area (Å²) in [6, 6.07) is 5.01. The normalized spacial score (nSPS) is 12.2. The highest BCUT2D eigenvalue weighted by atomic mass is 79.9. The van der Waals surface area contributed by atoms with Crippen molar-refractivity contribution in [1.29, 1.82) is 0 Å². The van der Waals surface area contributed by atoms with E-state index in [1.54, 1.807) is 49.1 Å². The Hall–Kier alpha value is -1.88. The molecule has 0 saturated heterocycles. The second kappa shape index (κ2) is 8.81. The minimum atomic E-state index is -1.25. The molecule has 1 aromatic heterocycles. The summed E-state index contributed by atoms with van der Waals surface area (Å²) >= 11 is 9.75. The second-order valence-electron chi connectivity index (χ2n) is 8.64. The lowest BCUT2D eigenvalue weighted by Gasteiger charge is -2.37. The maximum Gasteiger partial charge on any atom is 0.277 e. The highest BCUT2D eigenvalue weighted by Gasteiger charge is 2.37. The number of anilines is 2. The number of hydrogen-bond donors (Lipinski definition) is 3. The van der Waals surface area contributed by atoms with Gasteiger partial charge in [0.25, 0.3) is 5.91 Å². The van der Waals surface area contributed by atoms with Crippen molar-refractivity contribution in [3.8, 4) is 0 Å². The fourth-order valence-electron chi connectivity index (χ4n) is 2.87. The van der Waals surface area contributed by atoms with Gasteiger partial charge in [-0.05, 0) is 12.1 Å². The third-order valence-electron chi connectivity index (χ3n) is 5.58. The molecule has 7 nitrogen and oxygen atoms in total. The van der Waals surface area contributed by atoms with E-state index >= 15 is 4.39 Å². The Morgan fingerprint density at radius 3 is 2.53 bits per heavy atom. The first-order chi connectivity index (χ1) is 14.7. The molecule has 3 rings (SSSR count). The minimum Gasteiger partial charge on any atom is -0.406 e. The molecule has 1 heterocycles. The topological polar surface area (TPSA) is 88.4 Å². The molecule has 3 aromatic rings. The van der Waals surface area contributed by atoms with Crippen LogP contribution >= 0.6 is 27.5 Å². The van der Waals surface area contributed by atoms with E-state index in [-0.39, 0.29) is 16.8 Å². The van der Waals surface area contributed by atoms with Gasteiger partial charge >= 0.3 is 0 Å². The molecule has 0 radical (unpaired) electrons. The highest BCUT2D eigenvalue weighted by molar-refractivity contribution is 9.10. The van der Waals surface area contributed by atoms with Crippen molar-refractivity contribution in [2.24, 2.45) is 7.05 Å². The van der Waals surface area contributed by atoms with Crippen LogP contribution in [0.4, 0.5) is 15.8 Å². The fourth-order valence-corrected chi connectivity index (χ4v) is 3.88. The van der Waals surface area contributed by atoms with Crippen LogP contribution in [0.2, 0.25) is 5.02 Å². The zero-order valence-corrected chi connectivity index (χ0v) is 20.9. The van der Waals surface area contributed by atoms with Crippen LogP contribution in [0, 0.1) is 5.82 Å². The molecule has 0 aliphatic carbocycles. The highest BCUT2D eigenvalue weighted by Crippen LogP contribution is 2.33. The summed E-state index contributed by atoms with van der Waals surface area (Å²) in [6.07, 6.45) is 1.46. The zero-order chi connectivity index (χ0) is 24.0. The second-order valence-corrected chi connectivity index (χ2v) is 9.97. The van der Waals surface area contributed by atoms with Crippen molar-refractivity contribution in [2.45, 2.75) is 10.8 Å². The number of nitrogens with one attached hydrogen (secondary N) is 2. The number of aryl methyl sites for hydroxylation is 1. The number of fused-ring (bicyclic) bond motifs is 1. The molecular weight excluding hydrogens is 497 g/mol. The fraction of sp³-hybridized carbons (Fsp3) is 0.176. The molecule has 2 aromatic carbocycles. The van der Waals surface area contributed by atoms with Crippen LogP contribution in [0.15, 0.2) is 29.0 Å². The number of carbonyl (C=O) groups excluding carboxylic acids is 1. The largest absolute Gasteiger partial charge is 0.406 e. The van der Waals surface area contributed by atoms with Crippen LogP contribution in [0.3, 0.4) is 0 Å². The van der Waals surface area contributed by atoms with E-state index in [1.807, 2.05) is 13.9 Å². The summed E-state index contributed by atoms with van der Waals surface area (Å²) in [6.45, 7) is 0. The minimum absolute atomic E-state index is 0.0106. The number of hydroxylamine groups is 1. The summed E-state index contributed by atoms with van der Waals surface area (Å²) in [5.74, 6) is -1.40.